The number of anilines is 2. The number of tetrazole rings is 1. The predicted molar refractivity (Wildman–Crippen MR) is 88.0 cm³/mol. The lowest BCUT2D eigenvalue weighted by Gasteiger charge is -2.08. The molecule has 3 rings (SSSR count). The van der Waals surface area contributed by atoms with E-state index in [-0.39, 0.29) is 5.91 Å². The minimum absolute atomic E-state index is 0.252. The summed E-state index contributed by atoms with van der Waals surface area (Å²) in [7, 11) is 0. The van der Waals surface area contributed by atoms with Gasteiger partial charge in [-0.3, -0.25) is 9.59 Å². The van der Waals surface area contributed by atoms with Gasteiger partial charge in [-0.15, -0.1) is 5.10 Å². The summed E-state index contributed by atoms with van der Waals surface area (Å²) in [5.41, 5.74) is 2.48. The first-order valence-electron chi connectivity index (χ1n) is 7.14. The Labute approximate surface area is 137 Å². The number of carbonyl (C=O) groups excluding carboxylic acids is 2. The van der Waals surface area contributed by atoms with Gasteiger partial charge in [0.15, 0.2) is 5.82 Å². The minimum Gasteiger partial charge on any atom is -0.329 e. The zero-order chi connectivity index (χ0) is 16.9. The number of rotatable bonds is 5. The van der Waals surface area contributed by atoms with Crippen LogP contribution in [-0.2, 0) is 4.79 Å². The Morgan fingerprint density at radius 3 is 2.58 bits per heavy atom. The molecule has 24 heavy (non-hydrogen) atoms. The molecule has 0 aliphatic carbocycles. The van der Waals surface area contributed by atoms with Crippen molar-refractivity contribution in [2.24, 2.45) is 0 Å². The third-order valence-electron chi connectivity index (χ3n) is 3.35. The number of carbonyl (C=O) groups is 2. The molecular formula is C16H14N6O2. The van der Waals surface area contributed by atoms with E-state index >= 15 is 0 Å². The molecule has 0 spiro atoms. The van der Waals surface area contributed by atoms with Crippen LogP contribution in [0.2, 0.25) is 0 Å². The van der Waals surface area contributed by atoms with Crippen LogP contribution in [0.3, 0.4) is 0 Å². The lowest BCUT2D eigenvalue weighted by atomic mass is 10.2. The standard InChI is InChI=1S/C16H14N6O2/c1-11-19-20-21-22(11)15-4-2-3-14(9-15)18-16(24)12-5-7-13(8-6-12)17-10-23/h2-10H,1H3,(H,17,23)(H,18,24). The van der Waals surface area contributed by atoms with Gasteiger partial charge in [-0.2, -0.15) is 4.68 Å². The second-order valence-corrected chi connectivity index (χ2v) is 4.98. The normalized spacial score (nSPS) is 10.2. The van der Waals surface area contributed by atoms with Crippen LogP contribution in [0.5, 0.6) is 0 Å². The van der Waals surface area contributed by atoms with Crippen LogP contribution in [0.1, 0.15) is 16.2 Å². The molecule has 2 N–H and O–H groups in total. The van der Waals surface area contributed by atoms with Gasteiger partial charge in [0, 0.05) is 16.9 Å². The van der Waals surface area contributed by atoms with Crippen molar-refractivity contribution in [2.45, 2.75) is 6.92 Å². The first-order valence-corrected chi connectivity index (χ1v) is 7.14. The highest BCUT2D eigenvalue weighted by atomic mass is 16.1. The molecule has 0 atom stereocenters. The topological polar surface area (TPSA) is 102 Å². The van der Waals surface area contributed by atoms with Gasteiger partial charge in [0.1, 0.15) is 0 Å². The number of amides is 2. The van der Waals surface area contributed by atoms with Crippen molar-refractivity contribution in [3.8, 4) is 5.69 Å². The molecule has 0 aliphatic heterocycles. The average molecular weight is 322 g/mol. The lowest BCUT2D eigenvalue weighted by Crippen LogP contribution is -2.12. The lowest BCUT2D eigenvalue weighted by molar-refractivity contribution is -0.105. The summed E-state index contributed by atoms with van der Waals surface area (Å²) in [5, 5.41) is 16.7. The van der Waals surface area contributed by atoms with Crippen LogP contribution in [0, 0.1) is 6.92 Å². The van der Waals surface area contributed by atoms with Gasteiger partial charge in [0.2, 0.25) is 6.41 Å². The molecule has 0 fully saturated rings. The number of aryl methyl sites for hydroxylation is 1. The number of hydrogen-bond donors (Lipinski definition) is 2. The van der Waals surface area contributed by atoms with Crippen molar-refractivity contribution in [1.29, 1.82) is 0 Å². The first-order chi connectivity index (χ1) is 11.7. The van der Waals surface area contributed by atoms with Crippen LogP contribution in [0.25, 0.3) is 5.69 Å². The van der Waals surface area contributed by atoms with E-state index in [0.29, 0.717) is 29.2 Å². The molecule has 120 valence electrons. The smallest absolute Gasteiger partial charge is 0.255 e. The summed E-state index contributed by atoms with van der Waals surface area (Å²) in [6.07, 6.45) is 0.585. The van der Waals surface area contributed by atoms with E-state index in [0.717, 1.165) is 5.69 Å². The van der Waals surface area contributed by atoms with E-state index in [1.165, 1.54) is 0 Å². The van der Waals surface area contributed by atoms with Crippen molar-refractivity contribution in [3.05, 3.63) is 59.9 Å². The summed E-state index contributed by atoms with van der Waals surface area (Å²) in [6.45, 7) is 1.79. The zero-order valence-corrected chi connectivity index (χ0v) is 12.8. The summed E-state index contributed by atoms with van der Waals surface area (Å²) < 4.78 is 1.58. The molecule has 0 saturated carbocycles. The van der Waals surface area contributed by atoms with E-state index in [4.69, 9.17) is 0 Å². The predicted octanol–water partition coefficient (Wildman–Crippen LogP) is 1.79. The number of nitrogens with zero attached hydrogens (tertiary/aromatic N) is 4. The Morgan fingerprint density at radius 2 is 1.92 bits per heavy atom. The van der Waals surface area contributed by atoms with E-state index in [2.05, 4.69) is 26.2 Å². The minimum atomic E-state index is -0.252. The highest BCUT2D eigenvalue weighted by Gasteiger charge is 2.08. The Balaban J connectivity index is 1.77. The Morgan fingerprint density at radius 1 is 1.12 bits per heavy atom. The quantitative estimate of drug-likeness (QED) is 0.697. The Bertz CT molecular complexity index is 872. The fourth-order valence-corrected chi connectivity index (χ4v) is 2.17. The Kier molecular flexibility index (Phi) is 4.28. The van der Waals surface area contributed by atoms with Gasteiger partial charge >= 0.3 is 0 Å². The van der Waals surface area contributed by atoms with Crippen LogP contribution in [-0.4, -0.2) is 32.5 Å². The fraction of sp³-hybridized carbons (Fsp3) is 0.0625. The highest BCUT2D eigenvalue weighted by molar-refractivity contribution is 6.04. The summed E-state index contributed by atoms with van der Waals surface area (Å²) in [4.78, 5) is 22.7. The number of benzene rings is 2. The molecule has 1 heterocycles. The maximum Gasteiger partial charge on any atom is 0.255 e. The molecule has 0 radical (unpaired) electrons. The van der Waals surface area contributed by atoms with Crippen molar-refractivity contribution in [1.82, 2.24) is 20.2 Å². The molecule has 8 nitrogen and oxygen atoms in total. The molecule has 8 heteroatoms. The van der Waals surface area contributed by atoms with Crippen molar-refractivity contribution >= 4 is 23.7 Å². The molecular weight excluding hydrogens is 308 g/mol. The van der Waals surface area contributed by atoms with E-state index < -0.39 is 0 Å². The van der Waals surface area contributed by atoms with E-state index in [9.17, 15) is 9.59 Å². The highest BCUT2D eigenvalue weighted by Crippen LogP contribution is 2.16. The van der Waals surface area contributed by atoms with E-state index in [1.54, 1.807) is 48.0 Å². The maximum atomic E-state index is 12.3. The second kappa shape index (κ2) is 6.69. The van der Waals surface area contributed by atoms with Gasteiger partial charge in [-0.05, 0) is 59.8 Å². The second-order valence-electron chi connectivity index (χ2n) is 4.98. The molecule has 2 amide bonds. The molecule has 3 aromatic rings. The Hall–Kier alpha value is -3.55. The monoisotopic (exact) mass is 322 g/mol. The van der Waals surface area contributed by atoms with Gasteiger partial charge in [-0.1, -0.05) is 6.07 Å². The van der Waals surface area contributed by atoms with Crippen molar-refractivity contribution < 1.29 is 9.59 Å². The fourth-order valence-electron chi connectivity index (χ4n) is 2.17. The van der Waals surface area contributed by atoms with Gasteiger partial charge in [0.25, 0.3) is 5.91 Å². The van der Waals surface area contributed by atoms with Gasteiger partial charge < -0.3 is 10.6 Å². The summed E-state index contributed by atoms with van der Waals surface area (Å²) in [5.74, 6) is 0.398. The van der Waals surface area contributed by atoms with Gasteiger partial charge in [0.05, 0.1) is 5.69 Å². The molecule has 0 saturated heterocycles. The van der Waals surface area contributed by atoms with Crippen LogP contribution in [0.4, 0.5) is 11.4 Å². The van der Waals surface area contributed by atoms with Crippen molar-refractivity contribution in [2.75, 3.05) is 10.6 Å². The molecule has 0 unspecified atom stereocenters. The van der Waals surface area contributed by atoms with E-state index in [1.807, 2.05) is 12.1 Å². The third-order valence-corrected chi connectivity index (χ3v) is 3.35. The third kappa shape index (κ3) is 3.27. The van der Waals surface area contributed by atoms with Crippen LogP contribution in [0.15, 0.2) is 48.5 Å². The molecule has 2 aromatic carbocycles. The van der Waals surface area contributed by atoms with Crippen LogP contribution < -0.4 is 10.6 Å². The summed E-state index contributed by atoms with van der Waals surface area (Å²) >= 11 is 0. The molecule has 1 aromatic heterocycles. The first kappa shape index (κ1) is 15.3. The number of aromatic nitrogens is 4. The van der Waals surface area contributed by atoms with Gasteiger partial charge in [-0.25, -0.2) is 0 Å². The molecule has 0 bridgehead atoms. The number of nitrogens with one attached hydrogen (secondary N) is 2. The number of hydrogen-bond acceptors (Lipinski definition) is 5. The average Bonchev–Trinajstić information content (AvgIpc) is 3.02. The summed E-state index contributed by atoms with van der Waals surface area (Å²) in [6, 6.07) is 13.8. The SMILES string of the molecule is Cc1nnnn1-c1cccc(NC(=O)c2ccc(NC=O)cc2)c1. The maximum absolute atomic E-state index is 12.3. The largest absolute Gasteiger partial charge is 0.329 e. The van der Waals surface area contributed by atoms with Crippen molar-refractivity contribution in [3.63, 3.8) is 0 Å². The zero-order valence-electron chi connectivity index (χ0n) is 12.8. The molecule has 0 aliphatic rings. The van der Waals surface area contributed by atoms with Crippen LogP contribution >= 0.6 is 0 Å².